The van der Waals surface area contributed by atoms with Gasteiger partial charge in [-0.1, -0.05) is 0 Å². The second kappa shape index (κ2) is 5.33. The Kier molecular flexibility index (Phi) is 3.87. The Balaban J connectivity index is 2.48. The smallest absolute Gasteiger partial charge is 0.263 e. The summed E-state index contributed by atoms with van der Waals surface area (Å²) in [5.74, 6) is -0.474. The molecule has 2 rings (SSSR count). The molecule has 0 aliphatic carbocycles. The number of nitrogens with one attached hydrogen (secondary N) is 1. The van der Waals surface area contributed by atoms with Gasteiger partial charge in [0.25, 0.3) is 10.0 Å². The van der Waals surface area contributed by atoms with Crippen molar-refractivity contribution in [2.45, 2.75) is 25.7 Å². The summed E-state index contributed by atoms with van der Waals surface area (Å²) in [4.78, 5) is 3.91. The topological polar surface area (TPSA) is 85.1 Å². The van der Waals surface area contributed by atoms with Crippen molar-refractivity contribution in [3.63, 3.8) is 0 Å². The number of benzene rings is 1. The van der Waals surface area contributed by atoms with Crippen molar-refractivity contribution in [1.82, 2.24) is 4.98 Å². The van der Waals surface area contributed by atoms with E-state index in [-0.39, 0.29) is 22.0 Å². The van der Waals surface area contributed by atoms with Crippen LogP contribution in [0.5, 0.6) is 0 Å². The minimum Gasteiger partial charge on any atom is -0.399 e. The van der Waals surface area contributed by atoms with Gasteiger partial charge in [-0.25, -0.2) is 17.8 Å². The first kappa shape index (κ1) is 15.2. The number of nitrogens with two attached hydrogens (primary N) is 1. The van der Waals surface area contributed by atoms with Gasteiger partial charge in [0.2, 0.25) is 0 Å². The third-order valence-electron chi connectivity index (χ3n) is 2.95. The van der Waals surface area contributed by atoms with Crippen molar-refractivity contribution in [2.75, 3.05) is 10.5 Å². The van der Waals surface area contributed by atoms with E-state index in [2.05, 4.69) is 9.71 Å². The van der Waals surface area contributed by atoms with Crippen LogP contribution in [0, 0.1) is 26.6 Å². The number of anilines is 2. The van der Waals surface area contributed by atoms with Crippen LogP contribution in [0.1, 0.15) is 16.8 Å². The lowest BCUT2D eigenvalue weighted by Gasteiger charge is -2.12. The van der Waals surface area contributed by atoms with Gasteiger partial charge in [0.15, 0.2) is 0 Å². The van der Waals surface area contributed by atoms with Crippen LogP contribution in [0.3, 0.4) is 0 Å². The van der Waals surface area contributed by atoms with Crippen LogP contribution in [0.15, 0.2) is 29.2 Å². The van der Waals surface area contributed by atoms with E-state index in [9.17, 15) is 12.8 Å². The third kappa shape index (κ3) is 3.30. The second-order valence-electron chi connectivity index (χ2n) is 4.90. The van der Waals surface area contributed by atoms with E-state index in [4.69, 9.17) is 5.73 Å². The van der Waals surface area contributed by atoms with E-state index in [1.165, 1.54) is 13.0 Å². The molecule has 0 amide bonds. The number of nitrogen functional groups attached to an aromatic ring is 1. The average Bonchev–Trinajstić information content (AvgIpc) is 2.31. The predicted octanol–water partition coefficient (Wildman–Crippen LogP) is 2.53. The van der Waals surface area contributed by atoms with Crippen LogP contribution in [0.2, 0.25) is 0 Å². The van der Waals surface area contributed by atoms with Crippen molar-refractivity contribution in [3.8, 4) is 0 Å². The number of aryl methyl sites for hydroxylation is 2. The molecule has 0 fully saturated rings. The minimum atomic E-state index is -3.96. The Bertz CT molecular complexity index is 784. The zero-order valence-electron chi connectivity index (χ0n) is 11.9. The molecule has 2 aromatic rings. The van der Waals surface area contributed by atoms with E-state index >= 15 is 0 Å². The molecule has 7 heteroatoms. The van der Waals surface area contributed by atoms with Crippen LogP contribution in [-0.4, -0.2) is 13.4 Å². The van der Waals surface area contributed by atoms with E-state index in [0.29, 0.717) is 5.69 Å². The molecular formula is C14H16FN3O2S. The molecular weight excluding hydrogens is 293 g/mol. The molecule has 0 unspecified atom stereocenters. The summed E-state index contributed by atoms with van der Waals surface area (Å²) in [5.41, 5.74) is 7.14. The summed E-state index contributed by atoms with van der Waals surface area (Å²) in [5, 5.41) is 0. The van der Waals surface area contributed by atoms with Crippen molar-refractivity contribution in [3.05, 3.63) is 46.9 Å². The molecule has 5 nitrogen and oxygen atoms in total. The molecule has 112 valence electrons. The third-order valence-corrected chi connectivity index (χ3v) is 4.43. The Morgan fingerprint density at radius 3 is 2.43 bits per heavy atom. The number of hydrogen-bond donors (Lipinski definition) is 2. The maximum absolute atomic E-state index is 13.6. The van der Waals surface area contributed by atoms with Gasteiger partial charge in [-0.15, -0.1) is 0 Å². The normalized spacial score (nSPS) is 11.4. The zero-order valence-corrected chi connectivity index (χ0v) is 12.8. The first-order valence-corrected chi connectivity index (χ1v) is 7.71. The Morgan fingerprint density at radius 2 is 1.81 bits per heavy atom. The van der Waals surface area contributed by atoms with Crippen molar-refractivity contribution in [1.29, 1.82) is 0 Å². The van der Waals surface area contributed by atoms with E-state index in [1.807, 2.05) is 13.0 Å². The lowest BCUT2D eigenvalue weighted by molar-refractivity contribution is 0.591. The SMILES string of the molecule is Cc1cc(C)nc(NS(=O)(=O)c2cc(N)cc(F)c2C)c1. The summed E-state index contributed by atoms with van der Waals surface area (Å²) in [7, 11) is -3.96. The van der Waals surface area contributed by atoms with Crippen LogP contribution in [0.4, 0.5) is 15.9 Å². The fraction of sp³-hybridized carbons (Fsp3) is 0.214. The molecule has 1 aromatic heterocycles. The summed E-state index contributed by atoms with van der Waals surface area (Å²) in [6, 6.07) is 5.73. The largest absolute Gasteiger partial charge is 0.399 e. The fourth-order valence-corrected chi connectivity index (χ4v) is 3.32. The molecule has 21 heavy (non-hydrogen) atoms. The maximum atomic E-state index is 13.6. The number of halogens is 1. The van der Waals surface area contributed by atoms with E-state index in [0.717, 1.165) is 11.6 Å². The highest BCUT2D eigenvalue weighted by atomic mass is 32.2. The molecule has 0 aliphatic heterocycles. The van der Waals surface area contributed by atoms with E-state index in [1.54, 1.807) is 13.0 Å². The highest BCUT2D eigenvalue weighted by Gasteiger charge is 2.20. The molecule has 1 aromatic carbocycles. The Hall–Kier alpha value is -2.15. The maximum Gasteiger partial charge on any atom is 0.263 e. The Morgan fingerprint density at radius 1 is 1.14 bits per heavy atom. The quantitative estimate of drug-likeness (QED) is 0.853. The molecule has 1 heterocycles. The van der Waals surface area contributed by atoms with Gasteiger partial charge in [0.1, 0.15) is 11.6 Å². The van der Waals surface area contributed by atoms with Crippen LogP contribution >= 0.6 is 0 Å². The second-order valence-corrected chi connectivity index (χ2v) is 6.55. The zero-order chi connectivity index (χ0) is 15.8. The van der Waals surface area contributed by atoms with Gasteiger partial charge in [-0.2, -0.15) is 0 Å². The van der Waals surface area contributed by atoms with E-state index < -0.39 is 15.8 Å². The molecule has 0 bridgehead atoms. The van der Waals surface area contributed by atoms with Crippen molar-refractivity contribution in [2.24, 2.45) is 0 Å². The van der Waals surface area contributed by atoms with Crippen molar-refractivity contribution < 1.29 is 12.8 Å². The monoisotopic (exact) mass is 309 g/mol. The number of hydrogen-bond acceptors (Lipinski definition) is 4. The van der Waals surface area contributed by atoms with Gasteiger partial charge in [-0.05, 0) is 50.6 Å². The molecule has 0 aliphatic rings. The van der Waals surface area contributed by atoms with Crippen LogP contribution in [-0.2, 0) is 10.0 Å². The van der Waals surface area contributed by atoms with Gasteiger partial charge in [0.05, 0.1) is 4.90 Å². The van der Waals surface area contributed by atoms with Gasteiger partial charge in [-0.3, -0.25) is 4.72 Å². The number of rotatable bonds is 3. The molecule has 0 spiro atoms. The van der Waals surface area contributed by atoms with Gasteiger partial charge in [0, 0.05) is 16.9 Å². The molecule has 0 saturated carbocycles. The Labute approximate surface area is 123 Å². The molecule has 0 saturated heterocycles. The molecule has 0 atom stereocenters. The van der Waals surface area contributed by atoms with Crippen LogP contribution in [0.25, 0.3) is 0 Å². The lowest BCUT2D eigenvalue weighted by atomic mass is 10.2. The minimum absolute atomic E-state index is 0.0149. The lowest BCUT2D eigenvalue weighted by Crippen LogP contribution is -2.16. The molecule has 3 N–H and O–H groups in total. The average molecular weight is 309 g/mol. The summed E-state index contributed by atoms with van der Waals surface area (Å²) in [6.45, 7) is 4.98. The number of aromatic nitrogens is 1. The highest BCUT2D eigenvalue weighted by Crippen LogP contribution is 2.24. The molecule has 0 radical (unpaired) electrons. The summed E-state index contributed by atoms with van der Waals surface area (Å²) < 4.78 is 40.8. The fourth-order valence-electron chi connectivity index (χ4n) is 2.04. The van der Waals surface area contributed by atoms with Crippen molar-refractivity contribution >= 4 is 21.5 Å². The standard InChI is InChI=1S/C14H16FN3O2S/c1-8-4-9(2)17-14(5-8)18-21(19,20)13-7-11(16)6-12(15)10(13)3/h4-7H,16H2,1-3H3,(H,17,18). The number of nitrogens with zero attached hydrogens (tertiary/aromatic N) is 1. The van der Waals surface area contributed by atoms with Gasteiger partial charge >= 0.3 is 0 Å². The van der Waals surface area contributed by atoms with Gasteiger partial charge < -0.3 is 5.73 Å². The summed E-state index contributed by atoms with van der Waals surface area (Å²) >= 11 is 0. The summed E-state index contributed by atoms with van der Waals surface area (Å²) in [6.07, 6.45) is 0. The highest BCUT2D eigenvalue weighted by molar-refractivity contribution is 7.92. The first-order valence-electron chi connectivity index (χ1n) is 6.23. The predicted molar refractivity (Wildman–Crippen MR) is 80.1 cm³/mol. The van der Waals surface area contributed by atoms with Crippen LogP contribution < -0.4 is 10.5 Å². The number of sulfonamides is 1. The number of pyridine rings is 1. The first-order chi connectivity index (χ1) is 9.69.